The number of nitrogens with one attached hydrogen (secondary N) is 1. The Kier molecular flexibility index (Phi) is 3.60. The number of pyridine rings is 1. The molecule has 0 aliphatic rings. The van der Waals surface area contributed by atoms with E-state index in [1.807, 2.05) is 24.9 Å². The van der Waals surface area contributed by atoms with Crippen LogP contribution in [-0.2, 0) is 20.0 Å². The normalized spacial score (nSPS) is 11.0. The molecule has 0 bridgehead atoms. The van der Waals surface area contributed by atoms with Crippen LogP contribution in [-0.4, -0.2) is 14.8 Å². The van der Waals surface area contributed by atoms with Crippen molar-refractivity contribution in [3.8, 4) is 0 Å². The molecule has 0 saturated heterocycles. The largest absolute Gasteiger partial charge is 0.380 e. The molecule has 21 heavy (non-hydrogen) atoms. The van der Waals surface area contributed by atoms with Crippen LogP contribution in [0.15, 0.2) is 36.5 Å². The highest BCUT2D eigenvalue weighted by molar-refractivity contribution is 5.81. The summed E-state index contributed by atoms with van der Waals surface area (Å²) in [5, 5.41) is 8.92. The lowest BCUT2D eigenvalue weighted by molar-refractivity contribution is 0.774. The molecular weight excluding hydrogens is 260 g/mol. The SMILES string of the molecule is CCc1ccc(CNc2cnc3c(c2)c(C)nn3C)cc1. The standard InChI is InChI=1S/C17H20N4/c1-4-13-5-7-14(8-6-13)10-18-15-9-16-12(2)20-21(3)17(16)19-11-15/h5-9,11,18H,4,10H2,1-3H3. The van der Waals surface area contributed by atoms with E-state index in [1.165, 1.54) is 11.1 Å². The van der Waals surface area contributed by atoms with Crippen molar-refractivity contribution in [2.45, 2.75) is 26.8 Å². The van der Waals surface area contributed by atoms with Gasteiger partial charge in [0.1, 0.15) is 0 Å². The molecular formula is C17H20N4. The van der Waals surface area contributed by atoms with Crippen molar-refractivity contribution >= 4 is 16.7 Å². The Morgan fingerprint density at radius 1 is 1.14 bits per heavy atom. The smallest absolute Gasteiger partial charge is 0.157 e. The molecule has 0 unspecified atom stereocenters. The van der Waals surface area contributed by atoms with Crippen LogP contribution in [0.3, 0.4) is 0 Å². The van der Waals surface area contributed by atoms with Gasteiger partial charge in [0.2, 0.25) is 0 Å². The van der Waals surface area contributed by atoms with Crippen molar-refractivity contribution in [2.24, 2.45) is 7.05 Å². The molecule has 0 fully saturated rings. The maximum atomic E-state index is 4.48. The zero-order valence-corrected chi connectivity index (χ0v) is 12.7. The molecule has 0 saturated carbocycles. The molecule has 0 radical (unpaired) electrons. The quantitative estimate of drug-likeness (QED) is 0.796. The van der Waals surface area contributed by atoms with Crippen LogP contribution in [0.25, 0.3) is 11.0 Å². The zero-order chi connectivity index (χ0) is 14.8. The van der Waals surface area contributed by atoms with Crippen molar-refractivity contribution in [2.75, 3.05) is 5.32 Å². The Bertz CT molecular complexity index is 756. The summed E-state index contributed by atoms with van der Waals surface area (Å²) in [4.78, 5) is 4.48. The third-order valence-corrected chi connectivity index (χ3v) is 3.79. The topological polar surface area (TPSA) is 42.7 Å². The van der Waals surface area contributed by atoms with E-state index in [0.717, 1.165) is 35.4 Å². The van der Waals surface area contributed by atoms with Gasteiger partial charge in [0.15, 0.2) is 5.65 Å². The molecule has 0 aliphatic carbocycles. The first-order valence-electron chi connectivity index (χ1n) is 7.28. The first-order chi connectivity index (χ1) is 10.2. The lowest BCUT2D eigenvalue weighted by atomic mass is 10.1. The summed E-state index contributed by atoms with van der Waals surface area (Å²) in [5.74, 6) is 0. The number of aromatic nitrogens is 3. The van der Waals surface area contributed by atoms with Crippen LogP contribution in [0.5, 0.6) is 0 Å². The maximum Gasteiger partial charge on any atom is 0.157 e. The van der Waals surface area contributed by atoms with Crippen LogP contribution in [0.2, 0.25) is 0 Å². The van der Waals surface area contributed by atoms with Gasteiger partial charge in [-0.2, -0.15) is 5.10 Å². The van der Waals surface area contributed by atoms with E-state index in [4.69, 9.17) is 0 Å². The molecule has 3 aromatic rings. The van der Waals surface area contributed by atoms with Gasteiger partial charge < -0.3 is 5.32 Å². The van der Waals surface area contributed by atoms with Crippen molar-refractivity contribution in [1.82, 2.24) is 14.8 Å². The minimum Gasteiger partial charge on any atom is -0.380 e. The molecule has 0 aliphatic heterocycles. The van der Waals surface area contributed by atoms with Crippen molar-refractivity contribution < 1.29 is 0 Å². The molecule has 0 spiro atoms. The Labute approximate surface area is 124 Å². The molecule has 1 N–H and O–H groups in total. The average molecular weight is 280 g/mol. The van der Waals surface area contributed by atoms with Gasteiger partial charge in [0, 0.05) is 19.0 Å². The number of hydrogen-bond acceptors (Lipinski definition) is 3. The predicted molar refractivity (Wildman–Crippen MR) is 86.4 cm³/mol. The van der Waals surface area contributed by atoms with Crippen molar-refractivity contribution in [3.63, 3.8) is 0 Å². The number of hydrogen-bond donors (Lipinski definition) is 1. The highest BCUT2D eigenvalue weighted by Gasteiger charge is 2.06. The van der Waals surface area contributed by atoms with Gasteiger partial charge in [-0.25, -0.2) is 4.98 Å². The van der Waals surface area contributed by atoms with Gasteiger partial charge in [-0.1, -0.05) is 31.2 Å². The number of anilines is 1. The highest BCUT2D eigenvalue weighted by Crippen LogP contribution is 2.19. The maximum absolute atomic E-state index is 4.48. The summed E-state index contributed by atoms with van der Waals surface area (Å²) in [6.07, 6.45) is 2.94. The number of rotatable bonds is 4. The van der Waals surface area contributed by atoms with E-state index in [9.17, 15) is 0 Å². The van der Waals surface area contributed by atoms with Crippen LogP contribution >= 0.6 is 0 Å². The minimum atomic E-state index is 0.802. The first-order valence-corrected chi connectivity index (χ1v) is 7.28. The van der Waals surface area contributed by atoms with Crippen LogP contribution in [0, 0.1) is 6.92 Å². The van der Waals surface area contributed by atoms with Crippen molar-refractivity contribution in [3.05, 3.63) is 53.3 Å². The van der Waals surface area contributed by atoms with Crippen LogP contribution in [0.1, 0.15) is 23.7 Å². The van der Waals surface area contributed by atoms with E-state index in [2.05, 4.69) is 52.7 Å². The molecule has 2 aromatic heterocycles. The monoisotopic (exact) mass is 280 g/mol. The van der Waals surface area contributed by atoms with Gasteiger partial charge in [-0.3, -0.25) is 4.68 Å². The Morgan fingerprint density at radius 3 is 2.57 bits per heavy atom. The van der Waals surface area contributed by atoms with E-state index >= 15 is 0 Å². The highest BCUT2D eigenvalue weighted by atomic mass is 15.3. The summed E-state index contributed by atoms with van der Waals surface area (Å²) >= 11 is 0. The Balaban J connectivity index is 1.76. The van der Waals surface area contributed by atoms with E-state index in [0.29, 0.717) is 0 Å². The van der Waals surface area contributed by atoms with Crippen LogP contribution < -0.4 is 5.32 Å². The van der Waals surface area contributed by atoms with E-state index in [-0.39, 0.29) is 0 Å². The van der Waals surface area contributed by atoms with Gasteiger partial charge in [-0.05, 0) is 30.5 Å². The van der Waals surface area contributed by atoms with Gasteiger partial charge in [0.25, 0.3) is 0 Å². The van der Waals surface area contributed by atoms with E-state index < -0.39 is 0 Å². The molecule has 0 atom stereocenters. The lowest BCUT2D eigenvalue weighted by Crippen LogP contribution is -2.00. The Hall–Kier alpha value is -2.36. The molecule has 108 valence electrons. The molecule has 4 nitrogen and oxygen atoms in total. The molecule has 1 aromatic carbocycles. The zero-order valence-electron chi connectivity index (χ0n) is 12.7. The molecule has 3 rings (SSSR count). The number of benzene rings is 1. The molecule has 2 heterocycles. The first kappa shape index (κ1) is 13.6. The second-order valence-corrected chi connectivity index (χ2v) is 5.33. The number of fused-ring (bicyclic) bond motifs is 1. The van der Waals surface area contributed by atoms with Crippen LogP contribution in [0.4, 0.5) is 5.69 Å². The fourth-order valence-corrected chi connectivity index (χ4v) is 2.50. The summed E-state index contributed by atoms with van der Waals surface area (Å²) in [7, 11) is 1.92. The average Bonchev–Trinajstić information content (AvgIpc) is 2.80. The summed E-state index contributed by atoms with van der Waals surface area (Å²) in [6.45, 7) is 4.98. The summed E-state index contributed by atoms with van der Waals surface area (Å²) in [6, 6.07) is 10.8. The number of aryl methyl sites for hydroxylation is 3. The van der Waals surface area contributed by atoms with E-state index in [1.54, 1.807) is 0 Å². The van der Waals surface area contributed by atoms with Crippen molar-refractivity contribution in [1.29, 1.82) is 0 Å². The molecule has 0 amide bonds. The second-order valence-electron chi connectivity index (χ2n) is 5.33. The minimum absolute atomic E-state index is 0.802. The third-order valence-electron chi connectivity index (χ3n) is 3.79. The summed E-state index contributed by atoms with van der Waals surface area (Å²) in [5.41, 5.74) is 5.60. The lowest BCUT2D eigenvalue weighted by Gasteiger charge is -2.07. The Morgan fingerprint density at radius 2 is 1.86 bits per heavy atom. The fourth-order valence-electron chi connectivity index (χ4n) is 2.50. The second kappa shape index (κ2) is 5.56. The van der Waals surface area contributed by atoms with Gasteiger partial charge >= 0.3 is 0 Å². The van der Waals surface area contributed by atoms with Gasteiger partial charge in [-0.15, -0.1) is 0 Å². The molecule has 4 heteroatoms. The fraction of sp³-hybridized carbons (Fsp3) is 0.294. The third kappa shape index (κ3) is 2.75. The van der Waals surface area contributed by atoms with Gasteiger partial charge in [0.05, 0.1) is 17.6 Å². The predicted octanol–water partition coefficient (Wildman–Crippen LogP) is 3.45. The number of nitrogens with zero attached hydrogens (tertiary/aromatic N) is 3. The summed E-state index contributed by atoms with van der Waals surface area (Å²) < 4.78 is 1.82.